The van der Waals surface area contributed by atoms with Gasteiger partial charge in [-0.25, -0.2) is 0 Å². The van der Waals surface area contributed by atoms with E-state index in [4.69, 9.17) is 28.7 Å². The fraction of sp³-hybridized carbons (Fsp3) is 0.521. The summed E-state index contributed by atoms with van der Waals surface area (Å²) in [5, 5.41) is 95.2. The Hall–Kier alpha value is -13.6. The minimum absolute atomic E-state index is 0.0423. The van der Waals surface area contributed by atoms with Crippen molar-refractivity contribution < 1.29 is 117 Å². The molecule has 1 aliphatic carbocycles. The number of nitrogens with zero attached hydrogens (tertiary/aromatic N) is 5. The number of carbonyl (C=O) groups is 18. The normalized spacial score (nSPS) is 23.1. The van der Waals surface area contributed by atoms with Gasteiger partial charge in [0.15, 0.2) is 0 Å². The molecule has 141 heavy (non-hydrogen) atoms. The average Bonchev–Trinajstić information content (AvgIpc) is 1.67. The van der Waals surface area contributed by atoms with Crippen LogP contribution in [0.25, 0.3) is 21.8 Å². The highest BCUT2D eigenvalue weighted by Crippen LogP contribution is 2.31. The first kappa shape index (κ1) is 113. The molecule has 1 saturated carbocycles. The molecule has 28 N–H and O–H groups in total. The van der Waals surface area contributed by atoms with Crippen molar-refractivity contribution in [1.82, 2.24) is 87.7 Å². The largest absolute Gasteiger partial charge is 0.394 e. The van der Waals surface area contributed by atoms with E-state index in [1.165, 1.54) is 39.5 Å². The molecule has 4 heterocycles. The Morgan fingerprint density at radius 3 is 1.55 bits per heavy atom. The molecule has 3 aromatic heterocycles. The lowest BCUT2D eigenvalue weighted by Gasteiger charge is -2.36. The summed E-state index contributed by atoms with van der Waals surface area (Å²) in [5.41, 5.74) is 31.3. The van der Waals surface area contributed by atoms with Crippen molar-refractivity contribution >= 4 is 140 Å². The van der Waals surface area contributed by atoms with Gasteiger partial charge in [0.25, 0.3) is 0 Å². The number of fused-ring (bicyclic) bond motifs is 2. The van der Waals surface area contributed by atoms with Crippen LogP contribution in [0.2, 0.25) is 0 Å². The zero-order chi connectivity index (χ0) is 104. The number of unbranched alkanes of at least 4 members (excludes halogenated alkanes) is 1. The summed E-state index contributed by atoms with van der Waals surface area (Å²) < 4.78 is 3.41. The van der Waals surface area contributed by atoms with Crippen LogP contribution >= 0.6 is 11.8 Å². The van der Waals surface area contributed by atoms with E-state index in [0.29, 0.717) is 81.5 Å². The van der Waals surface area contributed by atoms with Gasteiger partial charge in [-0.3, -0.25) is 91.3 Å². The Morgan fingerprint density at radius 2 is 1.01 bits per heavy atom. The second-order valence-electron chi connectivity index (χ2n) is 35.6. The van der Waals surface area contributed by atoms with E-state index in [9.17, 15) is 69.0 Å². The summed E-state index contributed by atoms with van der Waals surface area (Å²) in [4.78, 5) is 269. The fourth-order valence-electron chi connectivity index (χ4n) is 16.5. The summed E-state index contributed by atoms with van der Waals surface area (Å²) in [7, 11) is 5.80. The maximum atomic E-state index is 16.0. The molecule has 0 unspecified atom stereocenters. The van der Waals surface area contributed by atoms with Crippen LogP contribution in [0.3, 0.4) is 0 Å². The van der Waals surface area contributed by atoms with E-state index in [-0.39, 0.29) is 51.5 Å². The monoisotopic (exact) mass is 1980 g/mol. The smallest absolute Gasteiger partial charge is 0.245 e. The van der Waals surface area contributed by atoms with Gasteiger partial charge in [-0.2, -0.15) is 0 Å². The van der Waals surface area contributed by atoms with E-state index >= 15 is 47.9 Å². The van der Waals surface area contributed by atoms with Gasteiger partial charge in [-0.05, 0) is 131 Å². The number of para-hydroxylation sites is 2. The SMILES string of the molecule is C[C@H]1NC(=O)CSC[C@@H](C(=O)N[C@H](CCCCN)C(N)=O)NC(=O)[C@H](CCCC(N)=O)NC(=O)[C@H]([C@@H](C)O)NC(=O)[C@H](Cc2cn(C)c3ccccc23)NC(=O)[C@H](CCC(=O)NC[C@H](O)[C@@H](O)[C@H](O)[C@H](O)CO)NC(=O)[C@H](Cc2cn(C)c3ccccc23)NC(=O)[C@H](Cc2cccnc2)N(C)C(=O)[C@H](CCCC(N)=O)NC(=O)[C@H](C2CCC2)NC(=O)[C@H](CC(N)=O)NC(=O)[C@H](Cc2ccccc2)N(C)C1=O. The highest BCUT2D eigenvalue weighted by molar-refractivity contribution is 8.00. The zero-order valence-electron chi connectivity index (χ0n) is 79.5. The predicted octanol–water partition coefficient (Wildman–Crippen LogP) is -6.60. The average molecular weight is 1990 g/mol. The van der Waals surface area contributed by atoms with E-state index < -0.39 is 297 Å². The molecule has 1 aliphatic heterocycles. The predicted molar refractivity (Wildman–Crippen MR) is 513 cm³/mol. The number of thioether (sulfide) groups is 1. The minimum atomic E-state index is -2.17. The van der Waals surface area contributed by atoms with Crippen LogP contribution in [0.15, 0.2) is 116 Å². The van der Waals surface area contributed by atoms with Gasteiger partial charge in [-0.1, -0.05) is 79.2 Å². The Balaban J connectivity index is 1.29. The molecular formula is C94H132N22O24S. The lowest BCUT2D eigenvalue weighted by molar-refractivity contribution is -0.144. The number of nitrogens with two attached hydrogens (primary N) is 5. The molecule has 47 heteroatoms. The summed E-state index contributed by atoms with van der Waals surface area (Å²) in [6.07, 6.45) is -8.42. The minimum Gasteiger partial charge on any atom is -0.394 e. The molecule has 1 saturated heterocycles. The molecule has 0 radical (unpaired) electrons. The van der Waals surface area contributed by atoms with E-state index in [2.05, 4.69) is 68.8 Å². The number of likely N-dealkylation sites (N-methyl/N-ethyl adjacent to an activating group) is 2. The van der Waals surface area contributed by atoms with Crippen LogP contribution in [0.5, 0.6) is 0 Å². The first-order valence-corrected chi connectivity index (χ1v) is 47.7. The molecule has 3 aromatic carbocycles. The number of rotatable bonds is 36. The number of benzene rings is 3. The Bertz CT molecular complexity index is 5380. The van der Waals surface area contributed by atoms with Crippen molar-refractivity contribution in [3.63, 3.8) is 0 Å². The lowest BCUT2D eigenvalue weighted by Crippen LogP contribution is -2.63. The molecule has 8 rings (SSSR count). The molecule has 18 amide bonds. The van der Waals surface area contributed by atoms with Crippen LogP contribution in [0.4, 0.5) is 0 Å². The molecular weight excluding hydrogens is 1850 g/mol. The molecule has 768 valence electrons. The van der Waals surface area contributed by atoms with Crippen molar-refractivity contribution in [2.45, 2.75) is 245 Å². The summed E-state index contributed by atoms with van der Waals surface area (Å²) in [6, 6.07) is 2.28. The number of carbonyl (C=O) groups excluding carboxylic acids is 18. The number of aliphatic hydroxyl groups excluding tert-OH is 6. The van der Waals surface area contributed by atoms with Crippen molar-refractivity contribution in [3.8, 4) is 0 Å². The third-order valence-electron chi connectivity index (χ3n) is 24.7. The second kappa shape index (κ2) is 54.8. The Labute approximate surface area is 817 Å². The lowest BCUT2D eigenvalue weighted by atomic mass is 9.79. The van der Waals surface area contributed by atoms with Crippen LogP contribution < -0.4 is 92.5 Å². The maximum Gasteiger partial charge on any atom is 0.245 e. The number of hydrogen-bond acceptors (Lipinski definition) is 27. The first-order chi connectivity index (χ1) is 67.0. The molecule has 18 atom stereocenters. The molecule has 2 fully saturated rings. The van der Waals surface area contributed by atoms with Crippen LogP contribution in [0, 0.1) is 5.92 Å². The second-order valence-corrected chi connectivity index (χ2v) is 36.6. The highest BCUT2D eigenvalue weighted by Gasteiger charge is 2.44. The van der Waals surface area contributed by atoms with Crippen molar-refractivity contribution in [2.24, 2.45) is 48.7 Å². The summed E-state index contributed by atoms with van der Waals surface area (Å²) >= 11 is 0.705. The van der Waals surface area contributed by atoms with E-state index in [1.54, 1.807) is 121 Å². The molecule has 0 bridgehead atoms. The Kier molecular flexibility index (Phi) is 43.8. The quantitative estimate of drug-likeness (QED) is 0.0163. The van der Waals surface area contributed by atoms with Crippen LogP contribution in [0.1, 0.15) is 132 Å². The standard InChI is InChI=1S/C94H132N22O24S/c1-50-93(139)115(5)69(38-52-20-8-7-9-21-52)89(135)109-65(42-75(98)123)87(133)112-79(54-23-16-24-54)92(138)106-62(29-18-33-74(97)122)94(140)116(6)70(39-53-22-19-37-100-43-53)90(136)108-63(40-55-45-113(3)67-30-12-10-25-57(55)67)85(131)104-61(34-35-76(124)101-44-71(119)80(126)81(127)72(120)47-117)84(130)107-64(41-56-46-114(4)68-31-13-11-26-58(56)68)86(132)111-78(51(2)118)91(137)105-60(28-17-32-73(96)121)83(129)110-66(48-141-49-77(125)102-50)88(134)103-59(82(99)128)27-14-15-36-95/h7-13,19-22,25-26,30-31,37,43,45-46,50-51,54,59-66,69-72,78-81,117-120,126-127H,14-18,23-24,27-29,32-36,38-42,44,47-49,95H2,1-6H3,(H2,96,121)(H2,97,122)(H2,98,123)(H2,99,128)(H,101,124)(H,102,125)(H,103,134)(H,104,131)(H,105,137)(H,106,138)(H,107,130)(H,108,136)(H,109,135)(H,110,129)(H,111,132)(H,112,133)/t50-,51-,59-,60+,61+,62+,63+,64+,65+,66+,69+,70+,71+,72-,78+,79+,80-,81-/m1/s1. The Morgan fingerprint density at radius 1 is 0.511 bits per heavy atom. The number of nitrogens with one attached hydrogen (secondary N) is 12. The van der Waals surface area contributed by atoms with Crippen LogP contribution in [-0.4, -0.2) is 315 Å². The highest BCUT2D eigenvalue weighted by atomic mass is 32.2. The number of pyridine rings is 1. The van der Waals surface area contributed by atoms with Gasteiger partial charge in [0.2, 0.25) is 106 Å². The van der Waals surface area contributed by atoms with E-state index in [1.807, 2.05) is 0 Å². The number of amides is 18. The number of primary amides is 4. The summed E-state index contributed by atoms with van der Waals surface area (Å²) in [6.45, 7) is 0.649. The third-order valence-corrected chi connectivity index (χ3v) is 25.8. The van der Waals surface area contributed by atoms with Crippen molar-refractivity contribution in [1.29, 1.82) is 0 Å². The van der Waals surface area contributed by atoms with Gasteiger partial charge in [0.1, 0.15) is 96.9 Å². The van der Waals surface area contributed by atoms with Gasteiger partial charge < -0.3 is 142 Å². The molecule has 0 spiro atoms. The topological polar surface area (TPSA) is 732 Å². The molecule has 46 nitrogen and oxygen atoms in total. The summed E-state index contributed by atoms with van der Waals surface area (Å²) in [5.74, 6) is -20.9. The number of aromatic nitrogens is 3. The van der Waals surface area contributed by atoms with E-state index in [0.717, 1.165) is 16.7 Å². The van der Waals surface area contributed by atoms with Crippen molar-refractivity contribution in [3.05, 3.63) is 138 Å². The number of aliphatic hydroxyl groups is 6. The first-order valence-electron chi connectivity index (χ1n) is 46.5. The van der Waals surface area contributed by atoms with Crippen molar-refractivity contribution in [2.75, 3.05) is 45.3 Å². The maximum absolute atomic E-state index is 16.0. The van der Waals surface area contributed by atoms with Gasteiger partial charge in [0.05, 0.1) is 31.0 Å². The molecule has 2 aliphatic rings. The third kappa shape index (κ3) is 33.6. The van der Waals surface area contributed by atoms with Gasteiger partial charge in [0, 0.05) is 132 Å². The zero-order valence-corrected chi connectivity index (χ0v) is 80.3. The van der Waals surface area contributed by atoms with Gasteiger partial charge >= 0.3 is 0 Å². The molecule has 6 aromatic rings. The number of aryl methyl sites for hydroxylation is 2. The van der Waals surface area contributed by atoms with Crippen LogP contribution in [-0.2, 0) is 126 Å². The number of hydrogen-bond donors (Lipinski definition) is 23. The fourth-order valence-corrected chi connectivity index (χ4v) is 17.4. The van der Waals surface area contributed by atoms with Gasteiger partial charge in [-0.15, -0.1) is 11.8 Å².